The van der Waals surface area contributed by atoms with Crippen LogP contribution < -0.4 is 10.2 Å². The van der Waals surface area contributed by atoms with Gasteiger partial charge in [-0.05, 0) is 13.5 Å². The summed E-state index contributed by atoms with van der Waals surface area (Å²) in [6.07, 6.45) is 0. The molecule has 0 aliphatic rings. The summed E-state index contributed by atoms with van der Waals surface area (Å²) in [5.74, 6) is 0.378. The van der Waals surface area contributed by atoms with Gasteiger partial charge in [0.25, 0.3) is 0 Å². The Morgan fingerprint density at radius 1 is 1.47 bits per heavy atom. The molecule has 0 fully saturated rings. The highest BCUT2D eigenvalue weighted by Gasteiger charge is 2.19. The topological polar surface area (TPSA) is 67.4 Å². The third-order valence-electron chi connectivity index (χ3n) is 2.17. The van der Waals surface area contributed by atoms with E-state index in [-0.39, 0.29) is 12.0 Å². The van der Waals surface area contributed by atoms with Crippen LogP contribution in [0.2, 0.25) is 0 Å². The van der Waals surface area contributed by atoms with Crippen LogP contribution in [0.4, 0.5) is 5.13 Å². The molecule has 0 bridgehead atoms. The Kier molecular flexibility index (Phi) is 7.11. The fraction of sp³-hybridized carbons (Fsp3) is 0.727. The van der Waals surface area contributed by atoms with E-state index in [1.54, 1.807) is 0 Å². The van der Waals surface area contributed by atoms with Gasteiger partial charge in [-0.2, -0.15) is 0 Å². The van der Waals surface area contributed by atoms with Crippen molar-refractivity contribution in [3.63, 3.8) is 0 Å². The van der Waals surface area contributed by atoms with E-state index in [2.05, 4.69) is 15.5 Å². The molecule has 0 aliphatic carbocycles. The summed E-state index contributed by atoms with van der Waals surface area (Å²) in [5, 5.41) is 12.1. The summed E-state index contributed by atoms with van der Waals surface area (Å²) in [6.45, 7) is 4.90. The minimum absolute atomic E-state index is 0.214. The summed E-state index contributed by atoms with van der Waals surface area (Å²) in [7, 11) is 3.85. The van der Waals surface area contributed by atoms with E-state index in [1.165, 1.54) is 23.1 Å². The number of nitrogens with zero attached hydrogens (tertiary/aromatic N) is 3. The van der Waals surface area contributed by atoms with Crippen molar-refractivity contribution in [3.8, 4) is 0 Å². The molecule has 1 heterocycles. The Bertz CT molecular complexity index is 398. The SMILES string of the molecule is CCNC(CSc1nnc(N(C)C)s1)C(=O)OCC. The van der Waals surface area contributed by atoms with Crippen LogP contribution in [0.1, 0.15) is 13.8 Å². The van der Waals surface area contributed by atoms with Gasteiger partial charge >= 0.3 is 5.97 Å². The molecule has 0 aliphatic heterocycles. The summed E-state index contributed by atoms with van der Waals surface area (Å²) < 4.78 is 5.89. The maximum atomic E-state index is 11.7. The van der Waals surface area contributed by atoms with Crippen molar-refractivity contribution in [1.29, 1.82) is 0 Å². The Labute approximate surface area is 121 Å². The molecule has 1 atom stereocenters. The highest BCUT2D eigenvalue weighted by molar-refractivity contribution is 8.01. The van der Waals surface area contributed by atoms with Crippen molar-refractivity contribution >= 4 is 34.2 Å². The maximum absolute atomic E-state index is 11.7. The standard InChI is InChI=1S/C11H20N4O2S2/c1-5-12-8(9(16)17-6-2)7-18-11-14-13-10(19-11)15(3)4/h8,12H,5-7H2,1-4H3. The second-order valence-corrected chi connectivity index (χ2v) is 6.14. The number of hydrogen-bond acceptors (Lipinski definition) is 8. The molecule has 19 heavy (non-hydrogen) atoms. The number of carbonyl (C=O) groups excluding carboxylic acids is 1. The molecule has 108 valence electrons. The van der Waals surface area contributed by atoms with E-state index < -0.39 is 0 Å². The molecule has 1 N–H and O–H groups in total. The fourth-order valence-corrected chi connectivity index (χ4v) is 3.12. The summed E-state index contributed by atoms with van der Waals surface area (Å²) in [4.78, 5) is 13.6. The van der Waals surface area contributed by atoms with Crippen LogP contribution >= 0.6 is 23.1 Å². The smallest absolute Gasteiger partial charge is 0.323 e. The first-order valence-electron chi connectivity index (χ1n) is 6.12. The van der Waals surface area contributed by atoms with E-state index in [9.17, 15) is 4.79 Å². The molecule has 6 nitrogen and oxygen atoms in total. The second kappa shape index (κ2) is 8.34. The van der Waals surface area contributed by atoms with Gasteiger partial charge < -0.3 is 15.0 Å². The first kappa shape index (κ1) is 16.2. The summed E-state index contributed by atoms with van der Waals surface area (Å²) in [6, 6.07) is -0.304. The van der Waals surface area contributed by atoms with E-state index in [1.807, 2.05) is 32.8 Å². The van der Waals surface area contributed by atoms with Crippen LogP contribution in [-0.2, 0) is 9.53 Å². The van der Waals surface area contributed by atoms with Crippen LogP contribution in [-0.4, -0.2) is 55.2 Å². The van der Waals surface area contributed by atoms with Gasteiger partial charge in [-0.1, -0.05) is 30.0 Å². The molecule has 1 unspecified atom stereocenters. The minimum atomic E-state index is -0.304. The van der Waals surface area contributed by atoms with E-state index in [0.717, 1.165) is 16.0 Å². The van der Waals surface area contributed by atoms with Crippen LogP contribution in [0.25, 0.3) is 0 Å². The van der Waals surface area contributed by atoms with Crippen molar-refractivity contribution in [3.05, 3.63) is 0 Å². The fourth-order valence-electron chi connectivity index (χ4n) is 1.30. The van der Waals surface area contributed by atoms with Gasteiger partial charge in [0.1, 0.15) is 6.04 Å². The first-order chi connectivity index (χ1) is 9.08. The number of carbonyl (C=O) groups is 1. The third kappa shape index (κ3) is 5.33. The van der Waals surface area contributed by atoms with Crippen molar-refractivity contribution < 1.29 is 9.53 Å². The zero-order valence-corrected chi connectivity index (χ0v) is 13.3. The lowest BCUT2D eigenvalue weighted by Gasteiger charge is -2.14. The zero-order chi connectivity index (χ0) is 14.3. The average Bonchev–Trinajstić information content (AvgIpc) is 2.83. The quantitative estimate of drug-likeness (QED) is 0.572. The number of rotatable bonds is 8. The highest BCUT2D eigenvalue weighted by atomic mass is 32.2. The number of anilines is 1. The molecule has 0 radical (unpaired) electrons. The molecule has 1 aromatic rings. The average molecular weight is 304 g/mol. The predicted molar refractivity (Wildman–Crippen MR) is 79.1 cm³/mol. The number of nitrogens with one attached hydrogen (secondary N) is 1. The molecule has 1 rings (SSSR count). The van der Waals surface area contributed by atoms with Gasteiger partial charge in [-0.3, -0.25) is 4.79 Å². The third-order valence-corrected chi connectivity index (χ3v) is 4.49. The van der Waals surface area contributed by atoms with Crippen LogP contribution in [0.5, 0.6) is 0 Å². The summed E-state index contributed by atoms with van der Waals surface area (Å²) >= 11 is 3.03. The van der Waals surface area contributed by atoms with Gasteiger partial charge in [0, 0.05) is 19.8 Å². The van der Waals surface area contributed by atoms with Crippen LogP contribution in [0.15, 0.2) is 4.34 Å². The monoisotopic (exact) mass is 304 g/mol. The minimum Gasteiger partial charge on any atom is -0.465 e. The summed E-state index contributed by atoms with van der Waals surface area (Å²) in [5.41, 5.74) is 0. The predicted octanol–water partition coefficient (Wildman–Crippen LogP) is 1.24. The lowest BCUT2D eigenvalue weighted by atomic mass is 10.3. The number of likely N-dealkylation sites (N-methyl/N-ethyl adjacent to an activating group) is 1. The number of aromatic nitrogens is 2. The van der Waals surface area contributed by atoms with E-state index in [4.69, 9.17) is 4.74 Å². The van der Waals surface area contributed by atoms with Crippen molar-refractivity contribution in [2.75, 3.05) is 37.9 Å². The van der Waals surface area contributed by atoms with Crippen molar-refractivity contribution in [2.45, 2.75) is 24.2 Å². The van der Waals surface area contributed by atoms with Crippen molar-refractivity contribution in [2.24, 2.45) is 0 Å². The second-order valence-electron chi connectivity index (χ2n) is 3.92. The lowest BCUT2D eigenvalue weighted by molar-refractivity contribution is -0.144. The van der Waals surface area contributed by atoms with Crippen molar-refractivity contribution in [1.82, 2.24) is 15.5 Å². The first-order valence-corrected chi connectivity index (χ1v) is 7.92. The molecule has 0 aromatic carbocycles. The van der Waals surface area contributed by atoms with Crippen LogP contribution in [0.3, 0.4) is 0 Å². The Balaban J connectivity index is 2.52. The Morgan fingerprint density at radius 2 is 2.21 bits per heavy atom. The molecular weight excluding hydrogens is 284 g/mol. The molecule has 0 saturated heterocycles. The molecular formula is C11H20N4O2S2. The Hall–Kier alpha value is -0.860. The van der Waals surface area contributed by atoms with E-state index >= 15 is 0 Å². The Morgan fingerprint density at radius 3 is 2.74 bits per heavy atom. The lowest BCUT2D eigenvalue weighted by Crippen LogP contribution is -2.40. The van der Waals surface area contributed by atoms with Gasteiger partial charge in [0.15, 0.2) is 4.34 Å². The molecule has 0 saturated carbocycles. The van der Waals surface area contributed by atoms with Gasteiger partial charge in [0.2, 0.25) is 5.13 Å². The molecule has 0 amide bonds. The molecule has 0 spiro atoms. The number of hydrogen-bond donors (Lipinski definition) is 1. The van der Waals surface area contributed by atoms with Gasteiger partial charge in [-0.25, -0.2) is 0 Å². The highest BCUT2D eigenvalue weighted by Crippen LogP contribution is 2.27. The molecule has 1 aromatic heterocycles. The number of thioether (sulfide) groups is 1. The van der Waals surface area contributed by atoms with E-state index in [0.29, 0.717) is 12.4 Å². The molecule has 8 heteroatoms. The number of esters is 1. The van der Waals surface area contributed by atoms with Gasteiger partial charge in [0.05, 0.1) is 6.61 Å². The van der Waals surface area contributed by atoms with Crippen LogP contribution in [0, 0.1) is 0 Å². The van der Waals surface area contributed by atoms with Gasteiger partial charge in [-0.15, -0.1) is 10.2 Å². The number of ether oxygens (including phenoxy) is 1. The zero-order valence-electron chi connectivity index (χ0n) is 11.7. The normalized spacial score (nSPS) is 12.2. The largest absolute Gasteiger partial charge is 0.465 e. The maximum Gasteiger partial charge on any atom is 0.323 e.